The number of fused-ring (bicyclic) bond motifs is 2. The molecule has 0 radical (unpaired) electrons. The zero-order chi connectivity index (χ0) is 25.9. The topological polar surface area (TPSA) is 105 Å². The quantitative estimate of drug-likeness (QED) is 0.386. The second kappa shape index (κ2) is 10.1. The number of ether oxygens (including phenoxy) is 4. The van der Waals surface area contributed by atoms with Gasteiger partial charge in [-0.05, 0) is 42.5 Å². The molecule has 0 fully saturated rings. The van der Waals surface area contributed by atoms with Gasteiger partial charge in [0, 0.05) is 29.6 Å². The molecule has 0 unspecified atom stereocenters. The van der Waals surface area contributed by atoms with Gasteiger partial charge in [-0.1, -0.05) is 6.07 Å². The van der Waals surface area contributed by atoms with Crippen LogP contribution in [0, 0.1) is 0 Å². The largest absolute Gasteiger partial charge is 0.497 e. The zero-order valence-electron chi connectivity index (χ0n) is 20.3. The minimum atomic E-state index is -0.466. The van der Waals surface area contributed by atoms with Crippen molar-refractivity contribution in [1.29, 1.82) is 0 Å². The van der Waals surface area contributed by atoms with Crippen molar-refractivity contribution < 1.29 is 28.5 Å². The number of benzene rings is 3. The fraction of sp³-hybridized carbons (Fsp3) is 0.179. The van der Waals surface area contributed by atoms with E-state index in [2.05, 4.69) is 5.32 Å². The fourth-order valence-corrected chi connectivity index (χ4v) is 4.17. The Morgan fingerprint density at radius 1 is 0.919 bits per heavy atom. The van der Waals surface area contributed by atoms with Gasteiger partial charge in [0.15, 0.2) is 17.3 Å². The summed E-state index contributed by atoms with van der Waals surface area (Å²) < 4.78 is 23.3. The summed E-state index contributed by atoms with van der Waals surface area (Å²) in [4.78, 5) is 39.9. The number of nitrogens with zero attached hydrogens (tertiary/aromatic N) is 1. The lowest BCUT2D eigenvalue weighted by molar-refractivity contribution is -0.116. The van der Waals surface area contributed by atoms with Crippen LogP contribution in [-0.4, -0.2) is 43.7 Å². The summed E-state index contributed by atoms with van der Waals surface area (Å²) in [7, 11) is 3.07. The van der Waals surface area contributed by atoms with Crippen LogP contribution >= 0.6 is 0 Å². The highest BCUT2D eigenvalue weighted by molar-refractivity contribution is 6.10. The molecule has 0 saturated carbocycles. The first-order chi connectivity index (χ1) is 18.0. The molecule has 0 atom stereocenters. The van der Waals surface area contributed by atoms with Crippen LogP contribution in [0.5, 0.6) is 23.0 Å². The number of nitrogens with one attached hydrogen (secondary N) is 1. The van der Waals surface area contributed by atoms with Gasteiger partial charge >= 0.3 is 0 Å². The maximum Gasteiger partial charge on any atom is 0.244 e. The first-order valence-corrected chi connectivity index (χ1v) is 11.6. The Balaban J connectivity index is 1.57. The van der Waals surface area contributed by atoms with Crippen LogP contribution in [0.25, 0.3) is 10.9 Å². The second-order valence-electron chi connectivity index (χ2n) is 8.35. The van der Waals surface area contributed by atoms with Crippen molar-refractivity contribution >= 4 is 28.3 Å². The molecule has 0 saturated heterocycles. The third-order valence-electron chi connectivity index (χ3n) is 6.01. The molecule has 0 spiro atoms. The second-order valence-corrected chi connectivity index (χ2v) is 8.35. The summed E-state index contributed by atoms with van der Waals surface area (Å²) >= 11 is 0. The summed E-state index contributed by atoms with van der Waals surface area (Å²) in [6.45, 7) is 0.559. The van der Waals surface area contributed by atoms with Crippen molar-refractivity contribution in [1.82, 2.24) is 4.57 Å². The molecule has 1 amide bonds. The monoisotopic (exact) mass is 500 g/mol. The molecule has 1 aromatic heterocycles. The Morgan fingerprint density at radius 3 is 2.32 bits per heavy atom. The highest BCUT2D eigenvalue weighted by atomic mass is 16.6. The van der Waals surface area contributed by atoms with Gasteiger partial charge in [-0.25, -0.2) is 0 Å². The Morgan fingerprint density at radius 2 is 1.62 bits per heavy atom. The van der Waals surface area contributed by atoms with E-state index in [0.717, 1.165) is 0 Å². The van der Waals surface area contributed by atoms with E-state index in [1.54, 1.807) is 72.3 Å². The van der Waals surface area contributed by atoms with Crippen LogP contribution in [0.4, 0.5) is 5.69 Å². The van der Waals surface area contributed by atoms with Crippen LogP contribution in [0.15, 0.2) is 71.7 Å². The number of hydrogen-bond donors (Lipinski definition) is 1. The van der Waals surface area contributed by atoms with Crippen molar-refractivity contribution in [2.24, 2.45) is 0 Å². The number of methoxy groups -OCH3 is 2. The Bertz CT molecular complexity index is 1560. The number of anilines is 1. The molecule has 4 aromatic rings. The normalized spacial score (nSPS) is 12.2. The molecule has 1 aliphatic heterocycles. The predicted molar refractivity (Wildman–Crippen MR) is 137 cm³/mol. The Hall–Kier alpha value is -4.79. The number of rotatable bonds is 7. The summed E-state index contributed by atoms with van der Waals surface area (Å²) in [6.07, 6.45) is 1.42. The fourth-order valence-electron chi connectivity index (χ4n) is 4.17. The molecule has 37 heavy (non-hydrogen) atoms. The molecule has 9 heteroatoms. The minimum absolute atomic E-state index is 0.0662. The number of pyridine rings is 1. The Kier molecular flexibility index (Phi) is 6.51. The average Bonchev–Trinajstić information content (AvgIpc) is 2.93. The number of ketones is 1. The van der Waals surface area contributed by atoms with Crippen LogP contribution in [0.3, 0.4) is 0 Å². The third kappa shape index (κ3) is 4.84. The van der Waals surface area contributed by atoms with Gasteiger partial charge in [0.2, 0.25) is 11.3 Å². The summed E-state index contributed by atoms with van der Waals surface area (Å²) in [6, 6.07) is 16.7. The molecular weight excluding hydrogens is 476 g/mol. The van der Waals surface area contributed by atoms with Gasteiger partial charge in [-0.15, -0.1) is 0 Å². The van der Waals surface area contributed by atoms with Crippen molar-refractivity contribution in [3.8, 4) is 23.0 Å². The maximum absolute atomic E-state index is 13.5. The summed E-state index contributed by atoms with van der Waals surface area (Å²) in [5, 5.41) is 3.08. The van der Waals surface area contributed by atoms with Crippen molar-refractivity contribution in [2.75, 3.05) is 32.8 Å². The molecule has 188 valence electrons. The van der Waals surface area contributed by atoms with Crippen LogP contribution < -0.4 is 29.7 Å². The molecule has 1 aliphatic rings. The lowest BCUT2D eigenvalue weighted by atomic mass is 10.0. The minimum Gasteiger partial charge on any atom is -0.497 e. The third-order valence-corrected chi connectivity index (χ3v) is 6.01. The number of carbonyl (C=O) groups is 2. The van der Waals surface area contributed by atoms with E-state index in [1.165, 1.54) is 13.3 Å². The van der Waals surface area contributed by atoms with Crippen LogP contribution in [0.2, 0.25) is 0 Å². The van der Waals surface area contributed by atoms with E-state index in [-0.39, 0.29) is 23.4 Å². The molecule has 3 aromatic carbocycles. The van der Waals surface area contributed by atoms with E-state index >= 15 is 0 Å². The van der Waals surface area contributed by atoms with Crippen molar-refractivity contribution in [3.63, 3.8) is 0 Å². The maximum atomic E-state index is 13.5. The van der Waals surface area contributed by atoms with E-state index in [0.29, 0.717) is 53.0 Å². The Labute approximate surface area is 212 Å². The SMILES string of the molecule is COc1ccc(C(=O)c2cn(CC(=O)Nc3cccc(OC)c3)c3cc4c(cc3c2=O)OCCO4)cc1. The molecule has 0 bridgehead atoms. The molecule has 5 rings (SSSR count). The van der Waals surface area contributed by atoms with Gasteiger partial charge < -0.3 is 28.8 Å². The standard InChI is InChI=1S/C28H24N2O7/c1-34-19-8-6-17(7-9-19)27(32)22-15-30(16-26(31)29-18-4-3-5-20(12-18)35-2)23-14-25-24(36-10-11-37-25)13-21(23)28(22)33/h3-9,12-15H,10-11,16H2,1-2H3,(H,29,31). The van der Waals surface area contributed by atoms with Gasteiger partial charge in [-0.3, -0.25) is 14.4 Å². The van der Waals surface area contributed by atoms with Gasteiger partial charge in [0.1, 0.15) is 31.3 Å². The van der Waals surface area contributed by atoms with Gasteiger partial charge in [0.25, 0.3) is 0 Å². The van der Waals surface area contributed by atoms with Crippen molar-refractivity contribution in [3.05, 3.63) is 88.2 Å². The van der Waals surface area contributed by atoms with E-state index < -0.39 is 11.2 Å². The average molecular weight is 501 g/mol. The highest BCUT2D eigenvalue weighted by Gasteiger charge is 2.22. The van der Waals surface area contributed by atoms with E-state index in [4.69, 9.17) is 18.9 Å². The number of amides is 1. The molecule has 0 aliphatic carbocycles. The number of carbonyl (C=O) groups excluding carboxylic acids is 2. The summed E-state index contributed by atoms with van der Waals surface area (Å²) in [5.41, 5.74) is 0.794. The highest BCUT2D eigenvalue weighted by Crippen LogP contribution is 2.34. The lowest BCUT2D eigenvalue weighted by Crippen LogP contribution is -2.25. The smallest absolute Gasteiger partial charge is 0.244 e. The first-order valence-electron chi connectivity index (χ1n) is 11.6. The van der Waals surface area contributed by atoms with Crippen LogP contribution in [-0.2, 0) is 11.3 Å². The molecule has 1 N–H and O–H groups in total. The van der Waals surface area contributed by atoms with Crippen LogP contribution in [0.1, 0.15) is 15.9 Å². The molecule has 9 nitrogen and oxygen atoms in total. The van der Waals surface area contributed by atoms with Gasteiger partial charge in [-0.2, -0.15) is 0 Å². The summed E-state index contributed by atoms with van der Waals surface area (Å²) in [5.74, 6) is 1.25. The molecule has 2 heterocycles. The zero-order valence-corrected chi connectivity index (χ0v) is 20.3. The van der Waals surface area contributed by atoms with E-state index in [9.17, 15) is 14.4 Å². The molecular formula is C28H24N2O7. The predicted octanol–water partition coefficient (Wildman–Crippen LogP) is 3.66. The lowest BCUT2D eigenvalue weighted by Gasteiger charge is -2.20. The van der Waals surface area contributed by atoms with Crippen molar-refractivity contribution in [2.45, 2.75) is 6.54 Å². The number of hydrogen-bond acceptors (Lipinski definition) is 7. The first kappa shape index (κ1) is 23.9. The van der Waals surface area contributed by atoms with E-state index in [1.807, 2.05) is 0 Å². The number of aromatic nitrogens is 1. The van der Waals surface area contributed by atoms with Gasteiger partial charge in [0.05, 0.1) is 30.7 Å².